The highest BCUT2D eigenvalue weighted by Crippen LogP contribution is 2.23. The summed E-state index contributed by atoms with van der Waals surface area (Å²) in [5, 5.41) is 11.7. The Morgan fingerprint density at radius 3 is 2.95 bits per heavy atom. The van der Waals surface area contributed by atoms with E-state index in [1.165, 1.54) is 19.3 Å². The number of hydrogen-bond donors (Lipinski definition) is 1. The summed E-state index contributed by atoms with van der Waals surface area (Å²) >= 11 is 1.67. The second-order valence-electron chi connectivity index (χ2n) is 5.60. The Balaban J connectivity index is 1.46. The van der Waals surface area contributed by atoms with E-state index in [1.54, 1.807) is 11.3 Å². The molecule has 3 rings (SSSR count). The van der Waals surface area contributed by atoms with Crippen LogP contribution in [0.5, 0.6) is 0 Å². The zero-order valence-electron chi connectivity index (χ0n) is 12.1. The molecule has 1 amide bonds. The third-order valence-electron chi connectivity index (χ3n) is 4.07. The predicted molar refractivity (Wildman–Crippen MR) is 85.1 cm³/mol. The van der Waals surface area contributed by atoms with Gasteiger partial charge in [0, 0.05) is 29.6 Å². The molecule has 0 atom stereocenters. The van der Waals surface area contributed by atoms with Gasteiger partial charge in [0.1, 0.15) is 0 Å². The highest BCUT2D eigenvalue weighted by atomic mass is 32.1. The number of carbonyl (C=O) groups excluding carboxylic acids is 1. The number of thiophene rings is 1. The molecule has 4 nitrogen and oxygen atoms in total. The molecule has 1 saturated carbocycles. The molecule has 2 heterocycles. The Labute approximate surface area is 129 Å². The van der Waals surface area contributed by atoms with E-state index in [2.05, 4.69) is 27.2 Å². The lowest BCUT2D eigenvalue weighted by molar-refractivity contribution is -0.125. The van der Waals surface area contributed by atoms with Gasteiger partial charge in [0.25, 0.3) is 0 Å². The maximum atomic E-state index is 12.0. The molecule has 0 radical (unpaired) electrons. The van der Waals surface area contributed by atoms with E-state index in [4.69, 9.17) is 0 Å². The van der Waals surface area contributed by atoms with Crippen LogP contribution in [0.1, 0.15) is 32.1 Å². The fraction of sp³-hybridized carbons (Fsp3) is 0.500. The SMILES string of the molecule is O=C(NCCn1ccc(-c2ccsc2)n1)C1CCCCC1. The molecule has 1 fully saturated rings. The highest BCUT2D eigenvalue weighted by Gasteiger charge is 2.20. The first-order valence-electron chi connectivity index (χ1n) is 7.66. The molecule has 2 aromatic rings. The second kappa shape index (κ2) is 6.89. The summed E-state index contributed by atoms with van der Waals surface area (Å²) in [7, 11) is 0. The molecule has 1 N–H and O–H groups in total. The van der Waals surface area contributed by atoms with E-state index in [0.29, 0.717) is 6.54 Å². The Bertz CT molecular complexity index is 570. The Morgan fingerprint density at radius 2 is 2.19 bits per heavy atom. The summed E-state index contributed by atoms with van der Waals surface area (Å²) in [6, 6.07) is 4.09. The summed E-state index contributed by atoms with van der Waals surface area (Å²) in [6.07, 6.45) is 7.75. The first kappa shape index (κ1) is 14.3. The molecular weight excluding hydrogens is 282 g/mol. The molecule has 0 unspecified atom stereocenters. The quantitative estimate of drug-likeness (QED) is 0.921. The minimum Gasteiger partial charge on any atom is -0.354 e. The first-order valence-corrected chi connectivity index (χ1v) is 8.61. The molecule has 2 aromatic heterocycles. The lowest BCUT2D eigenvalue weighted by Crippen LogP contribution is -2.34. The van der Waals surface area contributed by atoms with Crippen LogP contribution in [0, 0.1) is 5.92 Å². The van der Waals surface area contributed by atoms with Crippen molar-refractivity contribution in [1.29, 1.82) is 0 Å². The van der Waals surface area contributed by atoms with Crippen molar-refractivity contribution in [3.63, 3.8) is 0 Å². The number of hydrogen-bond acceptors (Lipinski definition) is 3. The van der Waals surface area contributed by atoms with Crippen LogP contribution in [-0.4, -0.2) is 22.2 Å². The molecule has 0 bridgehead atoms. The standard InChI is InChI=1S/C16H21N3OS/c20-16(13-4-2-1-3-5-13)17-8-10-19-9-6-15(18-19)14-7-11-21-12-14/h6-7,9,11-13H,1-5,8,10H2,(H,17,20). The van der Waals surface area contributed by atoms with Crippen LogP contribution < -0.4 is 5.32 Å². The maximum absolute atomic E-state index is 12.0. The van der Waals surface area contributed by atoms with Crippen molar-refractivity contribution >= 4 is 17.2 Å². The van der Waals surface area contributed by atoms with Gasteiger partial charge >= 0.3 is 0 Å². The second-order valence-corrected chi connectivity index (χ2v) is 6.38. The zero-order valence-corrected chi connectivity index (χ0v) is 12.9. The third-order valence-corrected chi connectivity index (χ3v) is 4.76. The largest absolute Gasteiger partial charge is 0.354 e. The summed E-state index contributed by atoms with van der Waals surface area (Å²) in [5.74, 6) is 0.456. The van der Waals surface area contributed by atoms with E-state index >= 15 is 0 Å². The molecular formula is C16H21N3OS. The minimum atomic E-state index is 0.222. The van der Waals surface area contributed by atoms with Gasteiger partial charge < -0.3 is 5.32 Å². The van der Waals surface area contributed by atoms with E-state index in [-0.39, 0.29) is 11.8 Å². The summed E-state index contributed by atoms with van der Waals surface area (Å²) < 4.78 is 1.90. The van der Waals surface area contributed by atoms with Crippen molar-refractivity contribution < 1.29 is 4.79 Å². The van der Waals surface area contributed by atoms with Crippen molar-refractivity contribution in [2.75, 3.05) is 6.54 Å². The van der Waals surface area contributed by atoms with E-state index in [9.17, 15) is 4.79 Å². The van der Waals surface area contributed by atoms with Crippen LogP contribution in [-0.2, 0) is 11.3 Å². The molecule has 0 aromatic carbocycles. The monoisotopic (exact) mass is 303 g/mol. The smallest absolute Gasteiger partial charge is 0.223 e. The van der Waals surface area contributed by atoms with Gasteiger partial charge in [-0.2, -0.15) is 16.4 Å². The van der Waals surface area contributed by atoms with Gasteiger partial charge in [0.05, 0.1) is 12.2 Å². The van der Waals surface area contributed by atoms with Gasteiger partial charge in [-0.15, -0.1) is 0 Å². The van der Waals surface area contributed by atoms with Crippen molar-refractivity contribution in [2.45, 2.75) is 38.6 Å². The van der Waals surface area contributed by atoms with Crippen LogP contribution in [0.25, 0.3) is 11.3 Å². The molecule has 1 aliphatic carbocycles. The van der Waals surface area contributed by atoms with E-state index in [1.807, 2.05) is 16.9 Å². The fourth-order valence-electron chi connectivity index (χ4n) is 2.85. The Hall–Kier alpha value is -1.62. The number of nitrogens with one attached hydrogen (secondary N) is 1. The van der Waals surface area contributed by atoms with E-state index in [0.717, 1.165) is 30.6 Å². The predicted octanol–water partition coefficient (Wildman–Crippen LogP) is 3.31. The van der Waals surface area contributed by atoms with Crippen LogP contribution in [0.15, 0.2) is 29.1 Å². The van der Waals surface area contributed by atoms with Gasteiger partial charge in [-0.05, 0) is 30.4 Å². The first-order chi connectivity index (χ1) is 10.3. The van der Waals surface area contributed by atoms with Crippen molar-refractivity contribution in [1.82, 2.24) is 15.1 Å². The van der Waals surface area contributed by atoms with Crippen molar-refractivity contribution in [2.24, 2.45) is 5.92 Å². The normalized spacial score (nSPS) is 16.0. The Kier molecular flexibility index (Phi) is 4.70. The number of aromatic nitrogens is 2. The summed E-state index contributed by atoms with van der Waals surface area (Å²) in [6.45, 7) is 1.38. The number of amides is 1. The molecule has 112 valence electrons. The molecule has 0 aliphatic heterocycles. The number of carbonyl (C=O) groups is 1. The van der Waals surface area contributed by atoms with Crippen molar-refractivity contribution in [3.05, 3.63) is 29.1 Å². The van der Waals surface area contributed by atoms with Crippen LogP contribution in [0.4, 0.5) is 0 Å². The number of nitrogens with zero attached hydrogens (tertiary/aromatic N) is 2. The average molecular weight is 303 g/mol. The van der Waals surface area contributed by atoms with Gasteiger partial charge in [-0.3, -0.25) is 9.48 Å². The van der Waals surface area contributed by atoms with Gasteiger partial charge in [-0.1, -0.05) is 19.3 Å². The lowest BCUT2D eigenvalue weighted by atomic mass is 9.89. The summed E-state index contributed by atoms with van der Waals surface area (Å²) in [4.78, 5) is 12.0. The van der Waals surface area contributed by atoms with Gasteiger partial charge in [0.15, 0.2) is 0 Å². The average Bonchev–Trinajstić information content (AvgIpc) is 3.19. The molecule has 0 saturated heterocycles. The summed E-state index contributed by atoms with van der Waals surface area (Å²) in [5.41, 5.74) is 2.15. The fourth-order valence-corrected chi connectivity index (χ4v) is 3.50. The van der Waals surface area contributed by atoms with E-state index < -0.39 is 0 Å². The number of rotatable bonds is 5. The van der Waals surface area contributed by atoms with Crippen LogP contribution in [0.3, 0.4) is 0 Å². The molecule has 21 heavy (non-hydrogen) atoms. The topological polar surface area (TPSA) is 46.9 Å². The van der Waals surface area contributed by atoms with Gasteiger partial charge in [0.2, 0.25) is 5.91 Å². The van der Waals surface area contributed by atoms with Gasteiger partial charge in [-0.25, -0.2) is 0 Å². The lowest BCUT2D eigenvalue weighted by Gasteiger charge is -2.20. The molecule has 1 aliphatic rings. The minimum absolute atomic E-state index is 0.222. The maximum Gasteiger partial charge on any atom is 0.223 e. The molecule has 5 heteroatoms. The highest BCUT2D eigenvalue weighted by molar-refractivity contribution is 7.08. The Morgan fingerprint density at radius 1 is 1.33 bits per heavy atom. The van der Waals surface area contributed by atoms with Crippen molar-refractivity contribution in [3.8, 4) is 11.3 Å². The molecule has 0 spiro atoms. The van der Waals surface area contributed by atoms with Crippen LogP contribution >= 0.6 is 11.3 Å². The third kappa shape index (κ3) is 3.73. The van der Waals surface area contributed by atoms with Crippen LogP contribution in [0.2, 0.25) is 0 Å². The zero-order chi connectivity index (χ0) is 14.5.